The van der Waals surface area contributed by atoms with Crippen LogP contribution in [0.5, 0.6) is 0 Å². The topological polar surface area (TPSA) is 102 Å². The van der Waals surface area contributed by atoms with Gasteiger partial charge in [-0.05, 0) is 13.0 Å². The van der Waals surface area contributed by atoms with Gasteiger partial charge in [-0.2, -0.15) is 0 Å². The van der Waals surface area contributed by atoms with E-state index in [1.807, 2.05) is 0 Å². The number of nitrogens with zero attached hydrogens (tertiary/aromatic N) is 1. The number of amides is 2. The number of carbonyl (C=O) groups excluding carboxylic acids is 1. The van der Waals surface area contributed by atoms with Crippen LogP contribution in [-0.4, -0.2) is 57.0 Å². The van der Waals surface area contributed by atoms with E-state index in [4.69, 9.17) is 9.84 Å². The van der Waals surface area contributed by atoms with Crippen molar-refractivity contribution in [3.05, 3.63) is 12.3 Å². The Balaban J connectivity index is 2.17. The molecule has 0 radical (unpaired) electrons. The van der Waals surface area contributed by atoms with Crippen molar-refractivity contribution in [2.24, 2.45) is 0 Å². The Morgan fingerprint density at radius 1 is 1.71 bits per heavy atom. The number of aliphatic hydroxyl groups excluding tert-OH is 2. The zero-order valence-electron chi connectivity index (χ0n) is 9.41. The van der Waals surface area contributed by atoms with E-state index >= 15 is 0 Å². The Labute approximate surface area is 98.3 Å². The largest absolute Gasteiger partial charge is 0.394 e. The summed E-state index contributed by atoms with van der Waals surface area (Å²) in [5.74, 6) is 0. The van der Waals surface area contributed by atoms with Gasteiger partial charge in [-0.15, -0.1) is 0 Å². The molecule has 0 aromatic carbocycles. The van der Waals surface area contributed by atoms with Gasteiger partial charge in [0, 0.05) is 12.6 Å². The minimum absolute atomic E-state index is 0.214. The number of nitrogens with one attached hydrogen (secondary N) is 1. The highest BCUT2D eigenvalue weighted by Gasteiger charge is 2.48. The maximum atomic E-state index is 11.6. The molecule has 2 rings (SSSR count). The molecule has 1 saturated heterocycles. The van der Waals surface area contributed by atoms with Crippen molar-refractivity contribution in [3.8, 4) is 0 Å². The summed E-state index contributed by atoms with van der Waals surface area (Å²) in [7, 11) is 0. The average molecular weight is 244 g/mol. The first-order chi connectivity index (χ1) is 7.94. The summed E-state index contributed by atoms with van der Waals surface area (Å²) in [6.45, 7) is 1.33. The van der Waals surface area contributed by atoms with E-state index in [2.05, 4.69) is 5.32 Å². The van der Waals surface area contributed by atoms with E-state index in [0.717, 1.165) is 0 Å². The standard InChI is InChI=1S/C10H16N2O5/c1-10(16)4-6(5-13)17-8(10)12-3-2-7(14)11-9(12)15/h2-3,6-8,13-14,16H,4-5H2,1H3,(H,11,15). The summed E-state index contributed by atoms with van der Waals surface area (Å²) in [5, 5.41) is 30.6. The smallest absolute Gasteiger partial charge is 0.325 e. The van der Waals surface area contributed by atoms with Crippen LogP contribution in [0.1, 0.15) is 13.3 Å². The molecule has 4 unspecified atom stereocenters. The van der Waals surface area contributed by atoms with Crippen molar-refractivity contribution >= 4 is 6.03 Å². The van der Waals surface area contributed by atoms with Crippen LogP contribution in [0.2, 0.25) is 0 Å². The van der Waals surface area contributed by atoms with Gasteiger partial charge in [0.15, 0.2) is 6.23 Å². The summed E-state index contributed by atoms with van der Waals surface area (Å²) >= 11 is 0. The average Bonchev–Trinajstić information content (AvgIpc) is 2.54. The summed E-state index contributed by atoms with van der Waals surface area (Å²) in [6, 6.07) is -0.552. The van der Waals surface area contributed by atoms with E-state index in [-0.39, 0.29) is 13.0 Å². The number of hydrogen-bond acceptors (Lipinski definition) is 5. The number of carbonyl (C=O) groups is 1. The van der Waals surface area contributed by atoms with Crippen molar-refractivity contribution < 1.29 is 24.9 Å². The fraction of sp³-hybridized carbons (Fsp3) is 0.700. The van der Waals surface area contributed by atoms with Gasteiger partial charge < -0.3 is 25.4 Å². The van der Waals surface area contributed by atoms with Gasteiger partial charge in [0.25, 0.3) is 0 Å². The van der Waals surface area contributed by atoms with Crippen molar-refractivity contribution in [1.82, 2.24) is 10.2 Å². The maximum Gasteiger partial charge on any atom is 0.325 e. The molecule has 0 spiro atoms. The Kier molecular flexibility index (Phi) is 3.09. The molecule has 4 atom stereocenters. The fourth-order valence-corrected chi connectivity index (χ4v) is 2.09. The number of urea groups is 1. The fourth-order valence-electron chi connectivity index (χ4n) is 2.09. The third kappa shape index (κ3) is 2.27. The van der Waals surface area contributed by atoms with Crippen LogP contribution in [-0.2, 0) is 4.74 Å². The summed E-state index contributed by atoms with van der Waals surface area (Å²) in [6.07, 6.45) is 0.578. The predicted octanol–water partition coefficient (Wildman–Crippen LogP) is -1.30. The lowest BCUT2D eigenvalue weighted by Crippen LogP contribution is -2.55. The van der Waals surface area contributed by atoms with Crippen LogP contribution in [0, 0.1) is 0 Å². The SMILES string of the molecule is CC1(O)CC(CO)OC1N1C=CC(O)NC1=O. The Morgan fingerprint density at radius 3 is 2.94 bits per heavy atom. The quantitative estimate of drug-likeness (QED) is 0.483. The Morgan fingerprint density at radius 2 is 2.41 bits per heavy atom. The maximum absolute atomic E-state index is 11.6. The molecule has 2 amide bonds. The molecule has 0 aromatic rings. The molecule has 0 bridgehead atoms. The van der Waals surface area contributed by atoms with Crippen LogP contribution >= 0.6 is 0 Å². The van der Waals surface area contributed by atoms with Crippen molar-refractivity contribution in [1.29, 1.82) is 0 Å². The van der Waals surface area contributed by atoms with Gasteiger partial charge in [0.2, 0.25) is 0 Å². The normalized spacial score (nSPS) is 41.8. The second-order valence-corrected chi connectivity index (χ2v) is 4.50. The highest BCUT2D eigenvalue weighted by atomic mass is 16.5. The number of rotatable bonds is 2. The number of ether oxygens (including phenoxy) is 1. The van der Waals surface area contributed by atoms with Crippen LogP contribution in [0.15, 0.2) is 12.3 Å². The van der Waals surface area contributed by atoms with Gasteiger partial charge in [0.05, 0.1) is 12.7 Å². The molecule has 4 N–H and O–H groups in total. The Hall–Kier alpha value is -1.15. The van der Waals surface area contributed by atoms with Gasteiger partial charge in [-0.1, -0.05) is 0 Å². The molecule has 0 aromatic heterocycles. The van der Waals surface area contributed by atoms with Gasteiger partial charge in [-0.3, -0.25) is 4.90 Å². The Bertz CT molecular complexity index is 344. The second kappa shape index (κ2) is 4.26. The summed E-state index contributed by atoms with van der Waals surface area (Å²) in [4.78, 5) is 12.8. The predicted molar refractivity (Wildman–Crippen MR) is 56.5 cm³/mol. The molecule has 96 valence electrons. The van der Waals surface area contributed by atoms with Crippen LogP contribution in [0.25, 0.3) is 0 Å². The van der Waals surface area contributed by atoms with Gasteiger partial charge in [-0.25, -0.2) is 4.79 Å². The monoisotopic (exact) mass is 244 g/mol. The van der Waals surface area contributed by atoms with E-state index < -0.39 is 30.2 Å². The first-order valence-electron chi connectivity index (χ1n) is 5.38. The lowest BCUT2D eigenvalue weighted by Gasteiger charge is -2.35. The minimum atomic E-state index is -1.24. The molecule has 17 heavy (non-hydrogen) atoms. The zero-order valence-corrected chi connectivity index (χ0v) is 9.41. The molecule has 0 saturated carbocycles. The number of hydrogen-bond donors (Lipinski definition) is 4. The highest BCUT2D eigenvalue weighted by Crippen LogP contribution is 2.33. The minimum Gasteiger partial charge on any atom is -0.394 e. The van der Waals surface area contributed by atoms with Crippen LogP contribution in [0.4, 0.5) is 4.79 Å². The van der Waals surface area contributed by atoms with Gasteiger partial charge in [0.1, 0.15) is 11.8 Å². The molecule has 2 aliphatic heterocycles. The lowest BCUT2D eigenvalue weighted by molar-refractivity contribution is -0.100. The molecule has 1 fully saturated rings. The van der Waals surface area contributed by atoms with E-state index in [1.165, 1.54) is 17.2 Å². The van der Waals surface area contributed by atoms with Crippen molar-refractivity contribution in [2.75, 3.05) is 6.61 Å². The summed E-state index contributed by atoms with van der Waals surface area (Å²) in [5.41, 5.74) is -1.24. The molecule has 2 aliphatic rings. The second-order valence-electron chi connectivity index (χ2n) is 4.50. The van der Waals surface area contributed by atoms with E-state index in [1.54, 1.807) is 6.92 Å². The first-order valence-corrected chi connectivity index (χ1v) is 5.38. The van der Waals surface area contributed by atoms with Crippen LogP contribution in [0.3, 0.4) is 0 Å². The molecule has 7 nitrogen and oxygen atoms in total. The van der Waals surface area contributed by atoms with Crippen molar-refractivity contribution in [3.63, 3.8) is 0 Å². The van der Waals surface area contributed by atoms with E-state index in [9.17, 15) is 15.0 Å². The molecule has 7 heteroatoms. The molecular weight excluding hydrogens is 228 g/mol. The van der Waals surface area contributed by atoms with Gasteiger partial charge >= 0.3 is 6.03 Å². The molecule has 0 aliphatic carbocycles. The number of aliphatic hydroxyl groups is 3. The van der Waals surface area contributed by atoms with E-state index in [0.29, 0.717) is 0 Å². The third-order valence-electron chi connectivity index (χ3n) is 2.89. The first kappa shape index (κ1) is 12.3. The molecule has 2 heterocycles. The van der Waals surface area contributed by atoms with Crippen molar-refractivity contribution in [2.45, 2.75) is 37.5 Å². The molecular formula is C10H16N2O5. The highest BCUT2D eigenvalue weighted by molar-refractivity contribution is 5.77. The van der Waals surface area contributed by atoms with Crippen LogP contribution < -0.4 is 5.32 Å². The lowest BCUT2D eigenvalue weighted by atomic mass is 10.00. The third-order valence-corrected chi connectivity index (χ3v) is 2.89. The summed E-state index contributed by atoms with van der Waals surface area (Å²) < 4.78 is 5.40. The zero-order chi connectivity index (χ0) is 12.6.